The van der Waals surface area contributed by atoms with Gasteiger partial charge in [-0.15, -0.1) is 0 Å². The summed E-state index contributed by atoms with van der Waals surface area (Å²) in [6, 6.07) is 5.97. The van der Waals surface area contributed by atoms with E-state index in [-0.39, 0.29) is 0 Å². The largest absolute Gasteiger partial charge is 0.490 e. The van der Waals surface area contributed by atoms with Crippen LogP contribution < -0.4 is 20.5 Å². The Morgan fingerprint density at radius 2 is 1.95 bits per heavy atom. The van der Waals surface area contributed by atoms with Gasteiger partial charge in [0.2, 0.25) is 0 Å². The molecular formula is C14H19N3O3. The van der Waals surface area contributed by atoms with Gasteiger partial charge in [0.05, 0.1) is 18.9 Å². The molecular weight excluding hydrogens is 258 g/mol. The van der Waals surface area contributed by atoms with Crippen LogP contribution in [0.15, 0.2) is 28.9 Å². The van der Waals surface area contributed by atoms with E-state index in [1.54, 1.807) is 0 Å². The van der Waals surface area contributed by atoms with Crippen molar-refractivity contribution in [2.75, 3.05) is 18.5 Å². The van der Waals surface area contributed by atoms with Gasteiger partial charge in [-0.1, -0.05) is 0 Å². The van der Waals surface area contributed by atoms with Crippen LogP contribution >= 0.6 is 0 Å². The third-order valence-electron chi connectivity index (χ3n) is 2.56. The lowest BCUT2D eigenvalue weighted by molar-refractivity contribution is 0.288. The summed E-state index contributed by atoms with van der Waals surface area (Å²) in [5.74, 6) is 1.40. The van der Waals surface area contributed by atoms with Gasteiger partial charge in [0.25, 0.3) is 6.01 Å². The predicted octanol–water partition coefficient (Wildman–Crippen LogP) is 2.67. The topological polar surface area (TPSA) is 82.5 Å². The summed E-state index contributed by atoms with van der Waals surface area (Å²) in [5.41, 5.74) is 6.99. The molecule has 0 radical (unpaired) electrons. The second kappa shape index (κ2) is 6.81. The Bertz CT molecular complexity index is 554. The first-order valence-corrected chi connectivity index (χ1v) is 6.58. The fraction of sp³-hybridized carbons (Fsp3) is 0.357. The number of anilines is 2. The van der Waals surface area contributed by atoms with Gasteiger partial charge in [-0.25, -0.2) is 0 Å². The Labute approximate surface area is 117 Å². The van der Waals surface area contributed by atoms with E-state index in [1.165, 1.54) is 6.26 Å². The highest BCUT2D eigenvalue weighted by molar-refractivity contribution is 5.59. The molecule has 0 saturated carbocycles. The van der Waals surface area contributed by atoms with Gasteiger partial charge >= 0.3 is 0 Å². The van der Waals surface area contributed by atoms with Gasteiger partial charge in [0.1, 0.15) is 6.26 Å². The first-order chi connectivity index (χ1) is 9.76. The van der Waals surface area contributed by atoms with Crippen molar-refractivity contribution in [2.45, 2.75) is 20.4 Å². The summed E-state index contributed by atoms with van der Waals surface area (Å²) in [4.78, 5) is 4.18. The molecule has 1 aromatic heterocycles. The molecule has 6 heteroatoms. The van der Waals surface area contributed by atoms with Crippen LogP contribution in [0.5, 0.6) is 11.5 Å². The van der Waals surface area contributed by atoms with Crippen LogP contribution in [-0.4, -0.2) is 18.2 Å². The van der Waals surface area contributed by atoms with Crippen LogP contribution in [0.3, 0.4) is 0 Å². The highest BCUT2D eigenvalue weighted by atomic mass is 16.5. The highest BCUT2D eigenvalue weighted by Gasteiger charge is 2.08. The summed E-state index contributed by atoms with van der Waals surface area (Å²) in [6.45, 7) is 5.37. The zero-order valence-electron chi connectivity index (χ0n) is 11.7. The molecule has 0 aliphatic carbocycles. The van der Waals surface area contributed by atoms with Crippen LogP contribution in [-0.2, 0) is 6.54 Å². The fourth-order valence-electron chi connectivity index (χ4n) is 1.71. The number of benzene rings is 1. The molecule has 0 amide bonds. The average molecular weight is 277 g/mol. The van der Waals surface area contributed by atoms with E-state index in [1.807, 2.05) is 32.0 Å². The molecule has 6 nitrogen and oxygen atoms in total. The third-order valence-corrected chi connectivity index (χ3v) is 2.56. The SMILES string of the molecule is CCOc1ccc(Nc2nc(CN)co2)cc1OCC. The standard InChI is InChI=1S/C14H19N3O3/c1-3-18-12-6-5-10(7-13(12)19-4-2)16-14-17-11(8-15)9-20-14/h5-7,9H,3-4,8,15H2,1-2H3,(H,16,17). The van der Waals surface area contributed by atoms with Gasteiger partial charge in [0, 0.05) is 18.3 Å². The minimum atomic E-state index is 0.346. The molecule has 0 saturated heterocycles. The fourth-order valence-corrected chi connectivity index (χ4v) is 1.71. The predicted molar refractivity (Wildman–Crippen MR) is 76.5 cm³/mol. The normalized spacial score (nSPS) is 10.3. The molecule has 0 fully saturated rings. The monoisotopic (exact) mass is 277 g/mol. The van der Waals surface area contributed by atoms with Gasteiger partial charge in [0.15, 0.2) is 11.5 Å². The van der Waals surface area contributed by atoms with E-state index >= 15 is 0 Å². The van der Waals surface area contributed by atoms with Crippen molar-refractivity contribution in [3.63, 3.8) is 0 Å². The Kier molecular flexibility index (Phi) is 4.84. The van der Waals surface area contributed by atoms with Gasteiger partial charge in [-0.05, 0) is 26.0 Å². The Hall–Kier alpha value is -2.21. The molecule has 108 valence electrons. The van der Waals surface area contributed by atoms with Gasteiger partial charge in [-0.3, -0.25) is 0 Å². The minimum absolute atomic E-state index is 0.346. The summed E-state index contributed by atoms with van der Waals surface area (Å²) in [7, 11) is 0. The lowest BCUT2D eigenvalue weighted by Gasteiger charge is -2.12. The van der Waals surface area contributed by atoms with Crippen molar-refractivity contribution in [1.29, 1.82) is 0 Å². The lowest BCUT2D eigenvalue weighted by Crippen LogP contribution is -2.00. The van der Waals surface area contributed by atoms with Crippen molar-refractivity contribution in [1.82, 2.24) is 4.98 Å². The second-order valence-electron chi connectivity index (χ2n) is 4.00. The first kappa shape index (κ1) is 14.2. The van der Waals surface area contributed by atoms with Crippen molar-refractivity contribution in [3.8, 4) is 11.5 Å². The summed E-state index contributed by atoms with van der Waals surface area (Å²) >= 11 is 0. The summed E-state index contributed by atoms with van der Waals surface area (Å²) < 4.78 is 16.3. The number of hydrogen-bond donors (Lipinski definition) is 2. The molecule has 0 aliphatic heterocycles. The molecule has 2 rings (SSSR count). The molecule has 0 atom stereocenters. The van der Waals surface area contributed by atoms with Crippen LogP contribution in [0.2, 0.25) is 0 Å². The lowest BCUT2D eigenvalue weighted by atomic mass is 10.2. The van der Waals surface area contributed by atoms with Gasteiger partial charge in [-0.2, -0.15) is 4.98 Å². The molecule has 0 aliphatic rings. The quantitative estimate of drug-likeness (QED) is 0.809. The van der Waals surface area contributed by atoms with E-state index in [2.05, 4.69) is 10.3 Å². The van der Waals surface area contributed by atoms with E-state index < -0.39 is 0 Å². The van der Waals surface area contributed by atoms with Crippen LogP contribution in [0.1, 0.15) is 19.5 Å². The van der Waals surface area contributed by atoms with Crippen LogP contribution in [0, 0.1) is 0 Å². The van der Waals surface area contributed by atoms with Crippen molar-refractivity contribution >= 4 is 11.7 Å². The zero-order valence-corrected chi connectivity index (χ0v) is 11.7. The second-order valence-corrected chi connectivity index (χ2v) is 4.00. The maximum absolute atomic E-state index is 5.56. The van der Waals surface area contributed by atoms with E-state index in [4.69, 9.17) is 19.6 Å². The molecule has 0 unspecified atom stereocenters. The number of rotatable bonds is 7. The summed E-state index contributed by atoms with van der Waals surface area (Å²) in [6.07, 6.45) is 1.53. The first-order valence-electron chi connectivity index (χ1n) is 6.58. The Morgan fingerprint density at radius 3 is 2.60 bits per heavy atom. The van der Waals surface area contributed by atoms with E-state index in [0.717, 1.165) is 11.4 Å². The van der Waals surface area contributed by atoms with Crippen molar-refractivity contribution in [3.05, 3.63) is 30.2 Å². The number of oxazole rings is 1. The van der Waals surface area contributed by atoms with Crippen LogP contribution in [0.4, 0.5) is 11.7 Å². The highest BCUT2D eigenvalue weighted by Crippen LogP contribution is 2.31. The van der Waals surface area contributed by atoms with Crippen molar-refractivity contribution in [2.24, 2.45) is 5.73 Å². The van der Waals surface area contributed by atoms with Crippen molar-refractivity contribution < 1.29 is 13.9 Å². The summed E-state index contributed by atoms with van der Waals surface area (Å²) in [5, 5.41) is 3.06. The Morgan fingerprint density at radius 1 is 1.20 bits per heavy atom. The molecule has 2 aromatic rings. The number of ether oxygens (including phenoxy) is 2. The number of nitrogens with two attached hydrogens (primary N) is 1. The number of aromatic nitrogens is 1. The molecule has 20 heavy (non-hydrogen) atoms. The van der Waals surface area contributed by atoms with E-state index in [9.17, 15) is 0 Å². The molecule has 1 heterocycles. The van der Waals surface area contributed by atoms with E-state index in [0.29, 0.717) is 37.2 Å². The Balaban J connectivity index is 2.17. The smallest absolute Gasteiger partial charge is 0.299 e. The maximum atomic E-state index is 5.56. The minimum Gasteiger partial charge on any atom is -0.490 e. The average Bonchev–Trinajstić information content (AvgIpc) is 2.90. The number of nitrogens with zero attached hydrogens (tertiary/aromatic N) is 1. The molecule has 1 aromatic carbocycles. The number of nitrogens with one attached hydrogen (secondary N) is 1. The maximum Gasteiger partial charge on any atom is 0.299 e. The zero-order chi connectivity index (χ0) is 14.4. The molecule has 0 spiro atoms. The third kappa shape index (κ3) is 3.42. The van der Waals surface area contributed by atoms with Crippen LogP contribution in [0.25, 0.3) is 0 Å². The molecule has 0 bridgehead atoms. The molecule has 3 N–H and O–H groups in total. The van der Waals surface area contributed by atoms with Gasteiger partial charge < -0.3 is 24.9 Å². The number of hydrogen-bond acceptors (Lipinski definition) is 6.